The van der Waals surface area contributed by atoms with Crippen LogP contribution in [0.25, 0.3) is 0 Å². The van der Waals surface area contributed by atoms with Gasteiger partial charge in [-0.1, -0.05) is 13.8 Å². The van der Waals surface area contributed by atoms with Crippen molar-refractivity contribution in [1.29, 1.82) is 0 Å². The summed E-state index contributed by atoms with van der Waals surface area (Å²) in [7, 11) is -2.57. The smallest absolute Gasteiger partial charge is 0.324 e. The number of nitrogens with one attached hydrogen (secondary N) is 2. The van der Waals surface area contributed by atoms with E-state index in [2.05, 4.69) is 19.4 Å². The van der Waals surface area contributed by atoms with Crippen molar-refractivity contribution < 1.29 is 17.9 Å². The van der Waals surface area contributed by atoms with Gasteiger partial charge in [-0.2, -0.15) is 4.72 Å². The monoisotopic (exact) mass is 261 g/mol. The second kappa shape index (κ2) is 5.28. The summed E-state index contributed by atoms with van der Waals surface area (Å²) >= 11 is 0. The summed E-state index contributed by atoms with van der Waals surface area (Å²) in [6, 6.07) is -0.923. The summed E-state index contributed by atoms with van der Waals surface area (Å²) in [6.07, 6.45) is 2.41. The number of ether oxygens (including phenoxy) is 1. The summed E-state index contributed by atoms with van der Waals surface area (Å²) in [5.41, 5.74) is 0. The van der Waals surface area contributed by atoms with Crippen molar-refractivity contribution in [2.24, 2.45) is 5.92 Å². The number of sulfonamides is 1. The summed E-state index contributed by atoms with van der Waals surface area (Å²) in [4.78, 5) is 17.5. The van der Waals surface area contributed by atoms with Gasteiger partial charge >= 0.3 is 5.97 Å². The van der Waals surface area contributed by atoms with Crippen molar-refractivity contribution >= 4 is 16.0 Å². The zero-order chi connectivity index (χ0) is 13.1. The minimum Gasteiger partial charge on any atom is -0.468 e. The fourth-order valence-electron chi connectivity index (χ4n) is 1.20. The van der Waals surface area contributed by atoms with E-state index in [1.807, 2.05) is 0 Å². The first kappa shape index (κ1) is 13.7. The maximum Gasteiger partial charge on any atom is 0.324 e. The van der Waals surface area contributed by atoms with Gasteiger partial charge in [0, 0.05) is 0 Å². The molecule has 2 N–H and O–H groups in total. The quantitative estimate of drug-likeness (QED) is 0.720. The molecule has 1 aromatic rings. The first-order valence-electron chi connectivity index (χ1n) is 4.97. The van der Waals surface area contributed by atoms with Gasteiger partial charge in [-0.3, -0.25) is 4.79 Å². The molecule has 0 aliphatic heterocycles. The number of carbonyl (C=O) groups is 1. The third-order valence-electron chi connectivity index (χ3n) is 2.17. The van der Waals surface area contributed by atoms with E-state index in [0.29, 0.717) is 0 Å². The van der Waals surface area contributed by atoms with Crippen LogP contribution in [0.1, 0.15) is 13.8 Å². The Balaban J connectivity index is 2.92. The second-order valence-corrected chi connectivity index (χ2v) is 5.46. The van der Waals surface area contributed by atoms with Crippen LogP contribution in [0, 0.1) is 5.92 Å². The molecule has 0 radical (unpaired) electrons. The van der Waals surface area contributed by atoms with E-state index in [1.54, 1.807) is 13.8 Å². The Labute approximate surface area is 99.6 Å². The van der Waals surface area contributed by atoms with Crippen LogP contribution < -0.4 is 4.72 Å². The molecule has 0 amide bonds. The lowest BCUT2D eigenvalue weighted by molar-refractivity contribution is -0.143. The molecule has 0 fully saturated rings. The molecule has 0 aromatic carbocycles. The molecule has 0 unspecified atom stereocenters. The van der Waals surface area contributed by atoms with Crippen LogP contribution in [0.15, 0.2) is 17.6 Å². The molecular weight excluding hydrogens is 246 g/mol. The van der Waals surface area contributed by atoms with Crippen LogP contribution in [0.3, 0.4) is 0 Å². The fourth-order valence-corrected chi connectivity index (χ4v) is 2.44. The molecule has 8 heteroatoms. The number of hydrogen-bond donors (Lipinski definition) is 2. The molecule has 1 aromatic heterocycles. The average Bonchev–Trinajstić information content (AvgIpc) is 2.78. The van der Waals surface area contributed by atoms with E-state index in [9.17, 15) is 13.2 Å². The molecular formula is C9H15N3O4S. The highest BCUT2D eigenvalue weighted by Crippen LogP contribution is 2.09. The van der Waals surface area contributed by atoms with Gasteiger partial charge < -0.3 is 9.72 Å². The van der Waals surface area contributed by atoms with Crippen molar-refractivity contribution in [2.75, 3.05) is 7.11 Å². The number of esters is 1. The number of methoxy groups -OCH3 is 1. The van der Waals surface area contributed by atoms with E-state index >= 15 is 0 Å². The van der Waals surface area contributed by atoms with Crippen molar-refractivity contribution in [3.8, 4) is 0 Å². The summed E-state index contributed by atoms with van der Waals surface area (Å²) < 4.78 is 30.5. The first-order chi connectivity index (χ1) is 7.88. The summed E-state index contributed by atoms with van der Waals surface area (Å²) in [5, 5.41) is -0.0907. The van der Waals surface area contributed by atoms with Crippen molar-refractivity contribution in [3.63, 3.8) is 0 Å². The molecule has 0 aliphatic carbocycles. The van der Waals surface area contributed by atoms with E-state index < -0.39 is 22.0 Å². The maximum absolute atomic E-state index is 11.8. The Morgan fingerprint density at radius 1 is 1.53 bits per heavy atom. The molecule has 96 valence electrons. The van der Waals surface area contributed by atoms with Gasteiger partial charge in [0.25, 0.3) is 10.0 Å². The van der Waals surface area contributed by atoms with Gasteiger partial charge in [0.2, 0.25) is 0 Å². The highest BCUT2D eigenvalue weighted by molar-refractivity contribution is 7.89. The maximum atomic E-state index is 11.8. The minimum absolute atomic E-state index is 0.0907. The third kappa shape index (κ3) is 3.27. The molecule has 1 heterocycles. The van der Waals surface area contributed by atoms with Gasteiger partial charge in [-0.25, -0.2) is 13.4 Å². The Morgan fingerprint density at radius 3 is 2.59 bits per heavy atom. The van der Waals surface area contributed by atoms with Crippen LogP contribution in [0.5, 0.6) is 0 Å². The number of H-pyrrole nitrogens is 1. The standard InChI is InChI=1S/C9H15N3O4S/c1-6(2)8(9(13)16-3)12-17(14,15)7-4-10-5-11-7/h4-6,8,12H,1-3H3,(H,10,11)/t8-/m0/s1. The Kier molecular flexibility index (Phi) is 4.24. The SMILES string of the molecule is COC(=O)[C@@H](NS(=O)(=O)c1cnc[nH]1)C(C)C. The van der Waals surface area contributed by atoms with Gasteiger partial charge in [0.05, 0.1) is 19.6 Å². The van der Waals surface area contributed by atoms with Crippen LogP contribution in [0.2, 0.25) is 0 Å². The van der Waals surface area contributed by atoms with E-state index in [-0.39, 0.29) is 10.9 Å². The predicted octanol–water partition coefficient (Wildman–Crippen LogP) is -0.114. The Hall–Kier alpha value is -1.41. The largest absolute Gasteiger partial charge is 0.468 e. The molecule has 0 aliphatic rings. The fraction of sp³-hybridized carbons (Fsp3) is 0.556. The predicted molar refractivity (Wildman–Crippen MR) is 59.6 cm³/mol. The average molecular weight is 261 g/mol. The molecule has 17 heavy (non-hydrogen) atoms. The zero-order valence-electron chi connectivity index (χ0n) is 9.80. The number of aromatic nitrogens is 2. The van der Waals surface area contributed by atoms with Crippen molar-refractivity contribution in [2.45, 2.75) is 24.9 Å². The van der Waals surface area contributed by atoms with Crippen LogP contribution in [0.4, 0.5) is 0 Å². The summed E-state index contributed by atoms with van der Waals surface area (Å²) in [5.74, 6) is -0.844. The Morgan fingerprint density at radius 2 is 2.18 bits per heavy atom. The van der Waals surface area contributed by atoms with E-state index in [4.69, 9.17) is 0 Å². The molecule has 7 nitrogen and oxygen atoms in total. The number of nitrogens with zero attached hydrogens (tertiary/aromatic N) is 1. The lowest BCUT2D eigenvalue weighted by Gasteiger charge is -2.18. The zero-order valence-corrected chi connectivity index (χ0v) is 10.6. The van der Waals surface area contributed by atoms with Gasteiger partial charge in [0.15, 0.2) is 5.03 Å². The van der Waals surface area contributed by atoms with Gasteiger partial charge in [0.1, 0.15) is 6.04 Å². The third-order valence-corrected chi connectivity index (χ3v) is 3.53. The second-order valence-electron chi connectivity index (χ2n) is 3.78. The number of rotatable bonds is 5. The first-order valence-corrected chi connectivity index (χ1v) is 6.45. The Bertz CT molecular complexity index is 466. The highest BCUT2D eigenvalue weighted by atomic mass is 32.2. The van der Waals surface area contributed by atoms with Crippen LogP contribution in [-0.4, -0.2) is 37.5 Å². The molecule has 0 bridgehead atoms. The van der Waals surface area contributed by atoms with Crippen LogP contribution in [-0.2, 0) is 19.6 Å². The number of carbonyl (C=O) groups excluding carboxylic acids is 1. The molecule has 0 spiro atoms. The highest BCUT2D eigenvalue weighted by Gasteiger charge is 2.29. The molecule has 1 atom stereocenters. The number of hydrogen-bond acceptors (Lipinski definition) is 5. The van der Waals surface area contributed by atoms with Gasteiger partial charge in [-0.05, 0) is 5.92 Å². The lowest BCUT2D eigenvalue weighted by Crippen LogP contribution is -2.44. The molecule has 1 rings (SSSR count). The lowest BCUT2D eigenvalue weighted by atomic mass is 10.1. The van der Waals surface area contributed by atoms with Gasteiger partial charge in [-0.15, -0.1) is 0 Å². The van der Waals surface area contributed by atoms with E-state index in [0.717, 1.165) is 6.20 Å². The normalized spacial score (nSPS) is 13.6. The summed E-state index contributed by atoms with van der Waals surface area (Å²) in [6.45, 7) is 3.44. The van der Waals surface area contributed by atoms with Crippen LogP contribution >= 0.6 is 0 Å². The number of imidazole rings is 1. The molecule has 0 saturated carbocycles. The topological polar surface area (TPSA) is 101 Å². The van der Waals surface area contributed by atoms with Crippen molar-refractivity contribution in [1.82, 2.24) is 14.7 Å². The molecule has 0 saturated heterocycles. The minimum atomic E-state index is -3.79. The van der Waals surface area contributed by atoms with E-state index in [1.165, 1.54) is 13.4 Å². The van der Waals surface area contributed by atoms with Crippen molar-refractivity contribution in [3.05, 3.63) is 12.5 Å². The number of aromatic amines is 1.